The number of ether oxygens (including phenoxy) is 1. The van der Waals surface area contributed by atoms with E-state index in [0.717, 1.165) is 0 Å². The first-order chi connectivity index (χ1) is 6.65. The summed E-state index contributed by atoms with van der Waals surface area (Å²) >= 11 is 0. The minimum Gasteiger partial charge on any atom is -0.479 e. The number of tetrazole rings is 1. The predicted octanol–water partition coefficient (Wildman–Crippen LogP) is -1.28. The number of nitrogens with one attached hydrogen (secondary N) is 1. The molecule has 1 atom stereocenters. The Kier molecular flexibility index (Phi) is 3.35. The van der Waals surface area contributed by atoms with Crippen molar-refractivity contribution in [3.05, 3.63) is 0 Å². The van der Waals surface area contributed by atoms with Crippen LogP contribution in [0, 0.1) is 0 Å². The first-order valence-corrected chi connectivity index (χ1v) is 3.87. The summed E-state index contributed by atoms with van der Waals surface area (Å²) in [5.74, 6) is -0.636. The largest absolute Gasteiger partial charge is 0.479 e. The number of aryl methyl sites for hydroxylation is 1. The Hall–Kier alpha value is -1.70. The van der Waals surface area contributed by atoms with E-state index in [0.29, 0.717) is 5.95 Å². The number of anilines is 1. The van der Waals surface area contributed by atoms with Gasteiger partial charge in [-0.25, -0.2) is 9.48 Å². The normalized spacial score (nSPS) is 12.4. The maximum absolute atomic E-state index is 10.6. The van der Waals surface area contributed by atoms with Gasteiger partial charge in [0, 0.05) is 14.2 Å². The zero-order valence-electron chi connectivity index (χ0n) is 7.84. The van der Waals surface area contributed by atoms with Gasteiger partial charge in [-0.3, -0.25) is 0 Å². The highest BCUT2D eigenvalue weighted by Crippen LogP contribution is 1.97. The molecule has 2 N–H and O–H groups in total. The molecule has 0 bridgehead atoms. The number of hydrogen-bond donors (Lipinski definition) is 2. The first kappa shape index (κ1) is 10.4. The SMILES string of the molecule is COC(CNc1nnnn1C)C(=O)O. The molecule has 1 rings (SSSR count). The molecular formula is C6H11N5O3. The van der Waals surface area contributed by atoms with E-state index in [1.807, 2.05) is 0 Å². The van der Waals surface area contributed by atoms with E-state index in [1.165, 1.54) is 11.8 Å². The van der Waals surface area contributed by atoms with E-state index >= 15 is 0 Å². The lowest BCUT2D eigenvalue weighted by molar-refractivity contribution is -0.147. The molecule has 0 saturated carbocycles. The minimum absolute atomic E-state index is 0.111. The van der Waals surface area contributed by atoms with Gasteiger partial charge in [-0.1, -0.05) is 5.10 Å². The summed E-state index contributed by atoms with van der Waals surface area (Å²) < 4.78 is 6.11. The molecule has 8 heteroatoms. The van der Waals surface area contributed by atoms with Gasteiger partial charge in [0.05, 0.1) is 6.54 Å². The van der Waals surface area contributed by atoms with Crippen molar-refractivity contribution in [3.8, 4) is 0 Å². The van der Waals surface area contributed by atoms with Crippen LogP contribution in [0.5, 0.6) is 0 Å². The Labute approximate surface area is 79.9 Å². The van der Waals surface area contributed by atoms with E-state index in [-0.39, 0.29) is 6.54 Å². The van der Waals surface area contributed by atoms with Gasteiger partial charge < -0.3 is 15.2 Å². The molecule has 8 nitrogen and oxygen atoms in total. The average molecular weight is 201 g/mol. The van der Waals surface area contributed by atoms with E-state index in [9.17, 15) is 4.79 Å². The summed E-state index contributed by atoms with van der Waals surface area (Å²) in [6.07, 6.45) is -0.910. The van der Waals surface area contributed by atoms with Crippen LogP contribution in [-0.4, -0.2) is 51.0 Å². The highest BCUT2D eigenvalue weighted by atomic mass is 16.5. The van der Waals surface area contributed by atoms with E-state index in [4.69, 9.17) is 9.84 Å². The minimum atomic E-state index is -1.03. The number of carboxylic acids is 1. The number of carbonyl (C=O) groups is 1. The van der Waals surface area contributed by atoms with Crippen LogP contribution < -0.4 is 5.32 Å². The molecule has 0 aliphatic rings. The molecule has 14 heavy (non-hydrogen) atoms. The van der Waals surface area contributed by atoms with Crippen molar-refractivity contribution in [2.24, 2.45) is 7.05 Å². The highest BCUT2D eigenvalue weighted by molar-refractivity contribution is 5.73. The first-order valence-electron chi connectivity index (χ1n) is 3.87. The van der Waals surface area contributed by atoms with Crippen LogP contribution >= 0.6 is 0 Å². The standard InChI is InChI=1S/C6H11N5O3/c1-11-6(8-9-10-11)7-3-4(14-2)5(12)13/h4H,3H2,1-2H3,(H,12,13)(H,7,8,10). The predicted molar refractivity (Wildman–Crippen MR) is 45.7 cm³/mol. The van der Waals surface area contributed by atoms with Crippen molar-refractivity contribution < 1.29 is 14.6 Å². The quantitative estimate of drug-likeness (QED) is 0.611. The van der Waals surface area contributed by atoms with Gasteiger partial charge in [-0.15, -0.1) is 0 Å². The lowest BCUT2D eigenvalue weighted by Crippen LogP contribution is -2.31. The van der Waals surface area contributed by atoms with Crippen molar-refractivity contribution in [3.63, 3.8) is 0 Å². The zero-order chi connectivity index (χ0) is 10.6. The third-order valence-electron chi connectivity index (χ3n) is 1.63. The number of aromatic nitrogens is 4. The Morgan fingerprint density at radius 2 is 2.50 bits per heavy atom. The van der Waals surface area contributed by atoms with Crippen LogP contribution in [0.1, 0.15) is 0 Å². The molecule has 1 aromatic heterocycles. The lowest BCUT2D eigenvalue weighted by Gasteiger charge is -2.10. The molecule has 1 aromatic rings. The molecule has 1 heterocycles. The van der Waals surface area contributed by atoms with E-state index in [1.54, 1.807) is 7.05 Å². The molecule has 1 unspecified atom stereocenters. The van der Waals surface area contributed by atoms with Gasteiger partial charge in [0.15, 0.2) is 6.10 Å². The topological polar surface area (TPSA) is 102 Å². The second-order valence-corrected chi connectivity index (χ2v) is 2.57. The molecule has 0 radical (unpaired) electrons. The van der Waals surface area contributed by atoms with Gasteiger partial charge in [0.1, 0.15) is 0 Å². The highest BCUT2D eigenvalue weighted by Gasteiger charge is 2.16. The Balaban J connectivity index is 2.47. The molecule has 0 aliphatic carbocycles. The van der Waals surface area contributed by atoms with E-state index in [2.05, 4.69) is 20.8 Å². The van der Waals surface area contributed by atoms with Gasteiger partial charge in [0.25, 0.3) is 0 Å². The number of rotatable bonds is 5. The molecular weight excluding hydrogens is 190 g/mol. The van der Waals surface area contributed by atoms with E-state index < -0.39 is 12.1 Å². The smallest absolute Gasteiger partial charge is 0.334 e. The summed E-state index contributed by atoms with van der Waals surface area (Å²) in [4.78, 5) is 10.6. The van der Waals surface area contributed by atoms with Crippen LogP contribution in [0.4, 0.5) is 5.95 Å². The third-order valence-corrected chi connectivity index (χ3v) is 1.63. The maximum atomic E-state index is 10.6. The Bertz CT molecular complexity index is 312. The van der Waals surface area contributed by atoms with Crippen molar-refractivity contribution >= 4 is 11.9 Å². The lowest BCUT2D eigenvalue weighted by atomic mass is 10.3. The van der Waals surface area contributed by atoms with Gasteiger partial charge in [-0.05, 0) is 10.4 Å². The molecule has 0 saturated heterocycles. The molecule has 0 aliphatic heterocycles. The van der Waals surface area contributed by atoms with Gasteiger partial charge in [-0.2, -0.15) is 0 Å². The fourth-order valence-corrected chi connectivity index (χ4v) is 0.835. The van der Waals surface area contributed by atoms with Crippen molar-refractivity contribution in [1.29, 1.82) is 0 Å². The maximum Gasteiger partial charge on any atom is 0.334 e. The number of hydrogen-bond acceptors (Lipinski definition) is 6. The van der Waals surface area contributed by atoms with Crippen molar-refractivity contribution in [2.45, 2.75) is 6.10 Å². The number of nitrogens with zero attached hydrogens (tertiary/aromatic N) is 4. The summed E-state index contributed by atoms with van der Waals surface area (Å²) in [5, 5.41) is 22.0. The van der Waals surface area contributed by atoms with Gasteiger partial charge in [0.2, 0.25) is 5.95 Å². The Morgan fingerprint density at radius 1 is 1.79 bits per heavy atom. The van der Waals surface area contributed by atoms with Crippen LogP contribution in [0.3, 0.4) is 0 Å². The Morgan fingerprint density at radius 3 is 2.93 bits per heavy atom. The summed E-state index contributed by atoms with van der Waals surface area (Å²) in [6, 6.07) is 0. The third kappa shape index (κ3) is 2.39. The zero-order valence-corrected chi connectivity index (χ0v) is 7.84. The summed E-state index contributed by atoms with van der Waals surface area (Å²) in [7, 11) is 2.97. The second-order valence-electron chi connectivity index (χ2n) is 2.57. The van der Waals surface area contributed by atoms with Gasteiger partial charge >= 0.3 is 5.97 Å². The fourth-order valence-electron chi connectivity index (χ4n) is 0.835. The van der Waals surface area contributed by atoms with Crippen molar-refractivity contribution in [1.82, 2.24) is 20.2 Å². The van der Waals surface area contributed by atoms with Crippen LogP contribution in [0.25, 0.3) is 0 Å². The number of aliphatic carboxylic acids is 1. The molecule has 78 valence electrons. The molecule has 0 aromatic carbocycles. The van der Waals surface area contributed by atoms with Crippen LogP contribution in [0.15, 0.2) is 0 Å². The molecule has 0 fully saturated rings. The number of methoxy groups -OCH3 is 1. The average Bonchev–Trinajstić information content (AvgIpc) is 2.52. The van der Waals surface area contributed by atoms with Crippen LogP contribution in [-0.2, 0) is 16.6 Å². The summed E-state index contributed by atoms with van der Waals surface area (Å²) in [5.41, 5.74) is 0. The fraction of sp³-hybridized carbons (Fsp3) is 0.667. The molecule has 0 spiro atoms. The van der Waals surface area contributed by atoms with Crippen LogP contribution in [0.2, 0.25) is 0 Å². The summed E-state index contributed by atoms with van der Waals surface area (Å²) in [6.45, 7) is 0.111. The number of carboxylic acid groups (broad SMARTS) is 1. The monoisotopic (exact) mass is 201 g/mol. The van der Waals surface area contributed by atoms with Crippen molar-refractivity contribution in [2.75, 3.05) is 19.0 Å². The molecule has 0 amide bonds. The second kappa shape index (κ2) is 4.51.